The number of halogens is 1. The molecule has 0 radical (unpaired) electrons. The molecule has 0 bridgehead atoms. The van der Waals surface area contributed by atoms with Crippen molar-refractivity contribution in [3.05, 3.63) is 71.2 Å². The summed E-state index contributed by atoms with van der Waals surface area (Å²) in [6.07, 6.45) is -2.23. The first-order valence-electron chi connectivity index (χ1n) is 11.2. The van der Waals surface area contributed by atoms with Crippen LogP contribution in [0.3, 0.4) is 0 Å². The standard InChI is InChI=1S/C26H24ClN3O5/c1-28-25(33)17-8-4-15(5-9-17)14-2-6-16(7-3-14)18-10-20-21(11-19(18)27)30-26(29-20)35-23-13-34-22(12-31)24(23)32/h2-11,22-24,31-32H,12-13H2,1H3,(H,28,33)(H,29,30)/t22-,23-,24?/m1/s1. The summed E-state index contributed by atoms with van der Waals surface area (Å²) in [6.45, 7) is -0.115. The second kappa shape index (κ2) is 9.67. The molecular weight excluding hydrogens is 470 g/mol. The second-order valence-electron chi connectivity index (χ2n) is 8.33. The second-order valence-corrected chi connectivity index (χ2v) is 8.73. The number of rotatable bonds is 6. The van der Waals surface area contributed by atoms with Gasteiger partial charge < -0.3 is 30.0 Å². The fraction of sp³-hybridized carbons (Fsp3) is 0.231. The molecule has 3 atom stereocenters. The molecule has 180 valence electrons. The fourth-order valence-corrected chi connectivity index (χ4v) is 4.42. The van der Waals surface area contributed by atoms with Gasteiger partial charge in [-0.05, 0) is 41.0 Å². The van der Waals surface area contributed by atoms with Crippen LogP contribution >= 0.6 is 11.6 Å². The van der Waals surface area contributed by atoms with Crippen LogP contribution in [0.2, 0.25) is 5.02 Å². The highest BCUT2D eigenvalue weighted by Crippen LogP contribution is 2.34. The highest BCUT2D eigenvalue weighted by Gasteiger charge is 2.37. The largest absolute Gasteiger partial charge is 0.456 e. The van der Waals surface area contributed by atoms with Crippen molar-refractivity contribution in [3.8, 4) is 28.3 Å². The van der Waals surface area contributed by atoms with E-state index < -0.39 is 18.3 Å². The summed E-state index contributed by atoms with van der Waals surface area (Å²) in [5.41, 5.74) is 5.75. The number of hydrogen-bond donors (Lipinski definition) is 4. The maximum absolute atomic E-state index is 11.8. The molecule has 5 rings (SSSR count). The van der Waals surface area contributed by atoms with Gasteiger partial charge in [0.05, 0.1) is 29.3 Å². The number of benzene rings is 3. The molecule has 0 spiro atoms. The average Bonchev–Trinajstić information content (AvgIpc) is 3.45. The van der Waals surface area contributed by atoms with Crippen LogP contribution in [0.15, 0.2) is 60.7 Å². The number of amides is 1. The Bertz CT molecular complexity index is 1350. The maximum Gasteiger partial charge on any atom is 0.295 e. The van der Waals surface area contributed by atoms with E-state index in [-0.39, 0.29) is 25.1 Å². The van der Waals surface area contributed by atoms with Gasteiger partial charge in [0.15, 0.2) is 6.10 Å². The molecule has 0 saturated carbocycles. The predicted molar refractivity (Wildman–Crippen MR) is 133 cm³/mol. The summed E-state index contributed by atoms with van der Waals surface area (Å²) >= 11 is 6.58. The molecule has 0 aliphatic carbocycles. The molecule has 4 aromatic rings. The number of carbonyl (C=O) groups excluding carboxylic acids is 1. The van der Waals surface area contributed by atoms with Gasteiger partial charge in [-0.2, -0.15) is 4.98 Å². The number of imidazole rings is 1. The Balaban J connectivity index is 1.36. The van der Waals surface area contributed by atoms with Crippen LogP contribution in [-0.4, -0.2) is 64.7 Å². The third kappa shape index (κ3) is 4.61. The normalized spacial score (nSPS) is 19.7. The Morgan fingerprint density at radius 2 is 1.80 bits per heavy atom. The van der Waals surface area contributed by atoms with Crippen molar-refractivity contribution in [2.24, 2.45) is 0 Å². The number of nitrogens with zero attached hydrogens (tertiary/aromatic N) is 1. The monoisotopic (exact) mass is 493 g/mol. The summed E-state index contributed by atoms with van der Waals surface area (Å²) in [4.78, 5) is 19.3. The van der Waals surface area contributed by atoms with Crippen LogP contribution in [0.1, 0.15) is 10.4 Å². The fourth-order valence-electron chi connectivity index (χ4n) is 4.15. The van der Waals surface area contributed by atoms with Crippen LogP contribution in [0.5, 0.6) is 6.01 Å². The molecule has 1 aliphatic heterocycles. The number of H-pyrrole nitrogens is 1. The van der Waals surface area contributed by atoms with Gasteiger partial charge in [0.25, 0.3) is 11.9 Å². The van der Waals surface area contributed by atoms with Gasteiger partial charge in [-0.25, -0.2) is 0 Å². The maximum atomic E-state index is 11.8. The number of nitrogens with one attached hydrogen (secondary N) is 2. The predicted octanol–water partition coefficient (Wildman–Crippen LogP) is 3.41. The van der Waals surface area contributed by atoms with Crippen LogP contribution in [0.25, 0.3) is 33.3 Å². The molecule has 35 heavy (non-hydrogen) atoms. The number of hydrogen-bond acceptors (Lipinski definition) is 6. The van der Waals surface area contributed by atoms with Crippen LogP contribution in [0.4, 0.5) is 0 Å². The van der Waals surface area contributed by atoms with E-state index >= 15 is 0 Å². The van der Waals surface area contributed by atoms with Crippen LogP contribution < -0.4 is 10.1 Å². The van der Waals surface area contributed by atoms with E-state index in [2.05, 4.69) is 15.3 Å². The lowest BCUT2D eigenvalue weighted by Gasteiger charge is -2.15. The van der Waals surface area contributed by atoms with Gasteiger partial charge >= 0.3 is 0 Å². The summed E-state index contributed by atoms with van der Waals surface area (Å²) in [5.74, 6) is -0.119. The number of fused-ring (bicyclic) bond motifs is 1. The third-order valence-corrected chi connectivity index (χ3v) is 6.44. The van der Waals surface area contributed by atoms with E-state index in [1.807, 2.05) is 42.5 Å². The molecule has 4 N–H and O–H groups in total. The van der Waals surface area contributed by atoms with Crippen molar-refractivity contribution in [1.29, 1.82) is 0 Å². The van der Waals surface area contributed by atoms with Crippen LogP contribution in [-0.2, 0) is 4.74 Å². The molecule has 8 nitrogen and oxygen atoms in total. The van der Waals surface area contributed by atoms with Crippen molar-refractivity contribution < 1.29 is 24.5 Å². The zero-order valence-electron chi connectivity index (χ0n) is 18.9. The minimum Gasteiger partial charge on any atom is -0.456 e. The quantitative estimate of drug-likeness (QED) is 0.327. The van der Waals surface area contributed by atoms with Gasteiger partial charge in [0.2, 0.25) is 0 Å². The smallest absolute Gasteiger partial charge is 0.295 e. The molecule has 2 heterocycles. The highest BCUT2D eigenvalue weighted by molar-refractivity contribution is 6.34. The Hall–Kier alpha value is -3.43. The number of aromatic nitrogens is 2. The third-order valence-electron chi connectivity index (χ3n) is 6.13. The number of aliphatic hydroxyl groups is 2. The first kappa shape index (κ1) is 23.3. The number of aromatic amines is 1. The molecule has 9 heteroatoms. The number of aliphatic hydroxyl groups excluding tert-OH is 2. The molecule has 1 amide bonds. The van der Waals surface area contributed by atoms with E-state index in [9.17, 15) is 15.0 Å². The lowest BCUT2D eigenvalue weighted by molar-refractivity contribution is -0.00390. The minimum absolute atomic E-state index is 0.119. The molecule has 1 aliphatic rings. The van der Waals surface area contributed by atoms with Gasteiger partial charge in [0, 0.05) is 18.2 Å². The number of ether oxygens (including phenoxy) is 2. The first-order valence-corrected chi connectivity index (χ1v) is 11.5. The Kier molecular flexibility index (Phi) is 6.44. The number of carbonyl (C=O) groups is 1. The summed E-state index contributed by atoms with van der Waals surface area (Å²) in [6, 6.07) is 19.3. The SMILES string of the molecule is CNC(=O)c1ccc(-c2ccc(-c3cc4nc(O[C@@H]5CO[C@H](CO)C5O)[nH]c4cc3Cl)cc2)cc1. The Morgan fingerprint density at radius 3 is 2.43 bits per heavy atom. The van der Waals surface area contributed by atoms with Crippen molar-refractivity contribution in [2.45, 2.75) is 18.3 Å². The first-order chi connectivity index (χ1) is 17.0. The summed E-state index contributed by atoms with van der Waals surface area (Å²) in [7, 11) is 1.61. The zero-order chi connectivity index (χ0) is 24.5. The molecular formula is C26H24ClN3O5. The molecule has 1 saturated heterocycles. The van der Waals surface area contributed by atoms with Gasteiger partial charge in [-0.3, -0.25) is 4.79 Å². The van der Waals surface area contributed by atoms with E-state index in [1.54, 1.807) is 25.2 Å². The molecule has 3 aromatic carbocycles. The molecule has 1 unspecified atom stereocenters. The summed E-state index contributed by atoms with van der Waals surface area (Å²) < 4.78 is 11.1. The van der Waals surface area contributed by atoms with E-state index in [4.69, 9.17) is 21.1 Å². The van der Waals surface area contributed by atoms with Crippen molar-refractivity contribution in [1.82, 2.24) is 15.3 Å². The zero-order valence-corrected chi connectivity index (χ0v) is 19.6. The summed E-state index contributed by atoms with van der Waals surface area (Å²) in [5, 5.41) is 22.6. The van der Waals surface area contributed by atoms with E-state index in [1.165, 1.54) is 0 Å². The van der Waals surface area contributed by atoms with E-state index in [0.29, 0.717) is 21.6 Å². The van der Waals surface area contributed by atoms with Gasteiger partial charge in [-0.1, -0.05) is 48.0 Å². The van der Waals surface area contributed by atoms with E-state index in [0.717, 1.165) is 22.3 Å². The van der Waals surface area contributed by atoms with Gasteiger partial charge in [0.1, 0.15) is 12.2 Å². The minimum atomic E-state index is -0.939. The lowest BCUT2D eigenvalue weighted by atomic mass is 9.99. The molecule has 1 aromatic heterocycles. The topological polar surface area (TPSA) is 117 Å². The van der Waals surface area contributed by atoms with Crippen molar-refractivity contribution in [2.75, 3.05) is 20.3 Å². The average molecular weight is 494 g/mol. The Labute approximate surface area is 206 Å². The molecule has 1 fully saturated rings. The Morgan fingerprint density at radius 1 is 1.14 bits per heavy atom. The van der Waals surface area contributed by atoms with Crippen molar-refractivity contribution in [3.63, 3.8) is 0 Å². The van der Waals surface area contributed by atoms with Crippen molar-refractivity contribution >= 4 is 28.5 Å². The lowest BCUT2D eigenvalue weighted by Crippen LogP contribution is -2.36. The van der Waals surface area contributed by atoms with Gasteiger partial charge in [-0.15, -0.1) is 0 Å². The highest BCUT2D eigenvalue weighted by atomic mass is 35.5. The van der Waals surface area contributed by atoms with Crippen LogP contribution in [0, 0.1) is 0 Å².